The molecule has 1 heterocycles. The standard InChI is InChI=1S/C10H13NO2/c1-2-8-7-13-10(12)11(8)9-5-3-4-6-9/h2-4,8-9H,1,5-7H2. The molecule has 0 spiro atoms. The molecule has 1 saturated heterocycles. The number of cyclic esters (lactones) is 1. The molecule has 0 aromatic heterocycles. The predicted molar refractivity (Wildman–Crippen MR) is 49.3 cm³/mol. The smallest absolute Gasteiger partial charge is 0.410 e. The van der Waals surface area contributed by atoms with Crippen LogP contribution in [-0.4, -0.2) is 29.7 Å². The van der Waals surface area contributed by atoms with Crippen molar-refractivity contribution in [2.24, 2.45) is 0 Å². The van der Waals surface area contributed by atoms with Crippen LogP contribution < -0.4 is 0 Å². The lowest BCUT2D eigenvalue weighted by Gasteiger charge is -2.25. The summed E-state index contributed by atoms with van der Waals surface area (Å²) in [5, 5.41) is 0. The summed E-state index contributed by atoms with van der Waals surface area (Å²) in [6.45, 7) is 4.16. The minimum Gasteiger partial charge on any atom is -0.447 e. The highest BCUT2D eigenvalue weighted by Gasteiger charge is 2.36. The monoisotopic (exact) mass is 179 g/mol. The van der Waals surface area contributed by atoms with Gasteiger partial charge in [-0.2, -0.15) is 0 Å². The summed E-state index contributed by atoms with van der Waals surface area (Å²) in [7, 11) is 0. The number of rotatable bonds is 2. The third kappa shape index (κ3) is 1.34. The molecule has 1 fully saturated rings. The second-order valence-electron chi connectivity index (χ2n) is 3.38. The first-order valence-electron chi connectivity index (χ1n) is 4.55. The van der Waals surface area contributed by atoms with Crippen molar-refractivity contribution in [1.82, 2.24) is 4.90 Å². The number of hydrogen-bond acceptors (Lipinski definition) is 2. The minimum absolute atomic E-state index is 0.0670. The Labute approximate surface area is 77.7 Å². The van der Waals surface area contributed by atoms with Crippen molar-refractivity contribution in [2.75, 3.05) is 6.61 Å². The Kier molecular flexibility index (Phi) is 2.08. The second-order valence-corrected chi connectivity index (χ2v) is 3.38. The highest BCUT2D eigenvalue weighted by atomic mass is 16.6. The molecule has 2 aliphatic rings. The van der Waals surface area contributed by atoms with Crippen LogP contribution in [-0.2, 0) is 4.74 Å². The molecule has 1 atom stereocenters. The molecule has 1 amide bonds. The molecule has 1 aliphatic carbocycles. The van der Waals surface area contributed by atoms with E-state index in [0.717, 1.165) is 12.8 Å². The van der Waals surface area contributed by atoms with Gasteiger partial charge in [-0.3, -0.25) is 4.90 Å². The van der Waals surface area contributed by atoms with Crippen molar-refractivity contribution in [3.05, 3.63) is 24.8 Å². The van der Waals surface area contributed by atoms with Gasteiger partial charge in [0, 0.05) is 6.04 Å². The lowest BCUT2D eigenvalue weighted by Crippen LogP contribution is -2.39. The molecule has 0 aromatic carbocycles. The molecule has 0 N–H and O–H groups in total. The Hall–Kier alpha value is -1.25. The molecule has 0 radical (unpaired) electrons. The maximum absolute atomic E-state index is 11.4. The number of carbonyl (C=O) groups is 1. The van der Waals surface area contributed by atoms with Crippen LogP contribution in [0.4, 0.5) is 4.79 Å². The average Bonchev–Trinajstić information content (AvgIpc) is 2.72. The SMILES string of the molecule is C=CC1COC(=O)N1C1CC=CC1. The van der Waals surface area contributed by atoms with Gasteiger partial charge in [-0.15, -0.1) is 6.58 Å². The first-order valence-corrected chi connectivity index (χ1v) is 4.55. The van der Waals surface area contributed by atoms with Gasteiger partial charge < -0.3 is 4.74 Å². The number of carbonyl (C=O) groups excluding carboxylic acids is 1. The third-order valence-corrected chi connectivity index (χ3v) is 2.59. The fourth-order valence-electron chi connectivity index (χ4n) is 1.88. The summed E-state index contributed by atoms with van der Waals surface area (Å²) < 4.78 is 4.97. The Morgan fingerprint density at radius 1 is 1.54 bits per heavy atom. The van der Waals surface area contributed by atoms with Crippen LogP contribution in [0.2, 0.25) is 0 Å². The van der Waals surface area contributed by atoms with Gasteiger partial charge >= 0.3 is 6.09 Å². The minimum atomic E-state index is -0.196. The van der Waals surface area contributed by atoms with Crippen molar-refractivity contribution in [3.63, 3.8) is 0 Å². The van der Waals surface area contributed by atoms with Crippen molar-refractivity contribution in [1.29, 1.82) is 0 Å². The van der Waals surface area contributed by atoms with Crippen LogP contribution in [0.3, 0.4) is 0 Å². The zero-order valence-corrected chi connectivity index (χ0v) is 7.48. The van der Waals surface area contributed by atoms with Gasteiger partial charge in [0.05, 0.1) is 6.04 Å². The molecule has 0 bridgehead atoms. The summed E-state index contributed by atoms with van der Waals surface area (Å²) in [5.74, 6) is 0. The first kappa shape index (κ1) is 8.35. The summed E-state index contributed by atoms with van der Waals surface area (Å²) in [5.41, 5.74) is 0. The van der Waals surface area contributed by atoms with Crippen molar-refractivity contribution in [3.8, 4) is 0 Å². The number of ether oxygens (including phenoxy) is 1. The predicted octanol–water partition coefficient (Wildman–Crippen LogP) is 1.71. The fraction of sp³-hybridized carbons (Fsp3) is 0.500. The van der Waals surface area contributed by atoms with Crippen molar-refractivity contribution >= 4 is 6.09 Å². The summed E-state index contributed by atoms with van der Waals surface area (Å²) in [6.07, 6.45) is 7.69. The van der Waals surface area contributed by atoms with E-state index in [2.05, 4.69) is 18.7 Å². The quantitative estimate of drug-likeness (QED) is 0.604. The highest BCUT2D eigenvalue weighted by molar-refractivity contribution is 5.71. The van der Waals surface area contributed by atoms with E-state index in [4.69, 9.17) is 4.74 Å². The lowest BCUT2D eigenvalue weighted by atomic mass is 10.1. The number of nitrogens with zero attached hydrogens (tertiary/aromatic N) is 1. The largest absolute Gasteiger partial charge is 0.447 e. The van der Waals surface area contributed by atoms with E-state index in [0.29, 0.717) is 6.61 Å². The molecule has 3 heteroatoms. The van der Waals surface area contributed by atoms with Gasteiger partial charge in [0.15, 0.2) is 0 Å². The lowest BCUT2D eigenvalue weighted by molar-refractivity contribution is 0.147. The highest BCUT2D eigenvalue weighted by Crippen LogP contribution is 2.24. The van der Waals surface area contributed by atoms with Crippen LogP contribution in [0.25, 0.3) is 0 Å². The molecule has 1 aliphatic heterocycles. The van der Waals surface area contributed by atoms with Crippen LogP contribution in [0, 0.1) is 0 Å². The number of amides is 1. The van der Waals surface area contributed by atoms with Crippen molar-refractivity contribution in [2.45, 2.75) is 24.9 Å². The molecular formula is C10H13NO2. The Bertz CT molecular complexity index is 252. The summed E-state index contributed by atoms with van der Waals surface area (Å²) in [6, 6.07) is 0.357. The summed E-state index contributed by atoms with van der Waals surface area (Å²) in [4.78, 5) is 13.2. The first-order chi connectivity index (χ1) is 6.33. The molecule has 0 aromatic rings. The van der Waals surface area contributed by atoms with E-state index >= 15 is 0 Å². The fourth-order valence-corrected chi connectivity index (χ4v) is 1.88. The maximum Gasteiger partial charge on any atom is 0.410 e. The van der Waals surface area contributed by atoms with E-state index in [9.17, 15) is 4.79 Å². The van der Waals surface area contributed by atoms with Gasteiger partial charge in [-0.25, -0.2) is 4.79 Å². The van der Waals surface area contributed by atoms with Gasteiger partial charge in [-0.1, -0.05) is 18.2 Å². The van der Waals surface area contributed by atoms with Crippen LogP contribution >= 0.6 is 0 Å². The molecule has 70 valence electrons. The van der Waals surface area contributed by atoms with E-state index < -0.39 is 0 Å². The van der Waals surface area contributed by atoms with Gasteiger partial charge in [0.2, 0.25) is 0 Å². The molecule has 3 nitrogen and oxygen atoms in total. The van der Waals surface area contributed by atoms with Gasteiger partial charge in [-0.05, 0) is 12.8 Å². The Morgan fingerprint density at radius 2 is 2.23 bits per heavy atom. The number of hydrogen-bond donors (Lipinski definition) is 0. The molecular weight excluding hydrogens is 166 g/mol. The van der Waals surface area contributed by atoms with Gasteiger partial charge in [0.1, 0.15) is 6.61 Å². The average molecular weight is 179 g/mol. The van der Waals surface area contributed by atoms with E-state index in [1.807, 2.05) is 0 Å². The van der Waals surface area contributed by atoms with Crippen LogP contribution in [0.1, 0.15) is 12.8 Å². The van der Waals surface area contributed by atoms with Crippen molar-refractivity contribution < 1.29 is 9.53 Å². The third-order valence-electron chi connectivity index (χ3n) is 2.59. The van der Waals surface area contributed by atoms with Crippen LogP contribution in [0.5, 0.6) is 0 Å². The normalized spacial score (nSPS) is 28.2. The van der Waals surface area contributed by atoms with E-state index in [-0.39, 0.29) is 18.2 Å². The maximum atomic E-state index is 11.4. The van der Waals surface area contributed by atoms with E-state index in [1.165, 1.54) is 0 Å². The molecule has 2 rings (SSSR count). The zero-order valence-electron chi connectivity index (χ0n) is 7.48. The zero-order chi connectivity index (χ0) is 9.26. The molecule has 1 unspecified atom stereocenters. The Morgan fingerprint density at radius 3 is 2.85 bits per heavy atom. The second kappa shape index (κ2) is 3.24. The topological polar surface area (TPSA) is 29.5 Å². The van der Waals surface area contributed by atoms with E-state index in [1.54, 1.807) is 11.0 Å². The van der Waals surface area contributed by atoms with Crippen LogP contribution in [0.15, 0.2) is 24.8 Å². The molecule has 13 heavy (non-hydrogen) atoms. The van der Waals surface area contributed by atoms with Gasteiger partial charge in [0.25, 0.3) is 0 Å². The Balaban J connectivity index is 2.09. The summed E-state index contributed by atoms with van der Waals surface area (Å²) >= 11 is 0. The molecule has 0 saturated carbocycles.